The van der Waals surface area contributed by atoms with Crippen molar-refractivity contribution in [3.05, 3.63) is 30.1 Å². The molecule has 1 aromatic rings. The van der Waals surface area contributed by atoms with Crippen molar-refractivity contribution >= 4 is 0 Å². The van der Waals surface area contributed by atoms with Crippen molar-refractivity contribution in [3.8, 4) is 0 Å². The van der Waals surface area contributed by atoms with Gasteiger partial charge in [-0.05, 0) is 18.1 Å². The quantitative estimate of drug-likeness (QED) is 0.0740. The van der Waals surface area contributed by atoms with Crippen molar-refractivity contribution in [1.82, 2.24) is 10.3 Å². The predicted molar refractivity (Wildman–Crippen MR) is 176 cm³/mol. The van der Waals surface area contributed by atoms with Crippen LogP contribution in [0.3, 0.4) is 0 Å². The molecule has 0 radical (unpaired) electrons. The van der Waals surface area contributed by atoms with Gasteiger partial charge in [0.25, 0.3) is 0 Å². The van der Waals surface area contributed by atoms with Gasteiger partial charge in [0.05, 0.1) is 38.0 Å². The molecule has 1 saturated carbocycles. The van der Waals surface area contributed by atoms with Crippen LogP contribution in [-0.2, 0) is 39.7 Å². The van der Waals surface area contributed by atoms with Gasteiger partial charge in [0.2, 0.25) is 0 Å². The van der Waals surface area contributed by atoms with Gasteiger partial charge < -0.3 is 103 Å². The average molecular weight is 750 g/mol. The van der Waals surface area contributed by atoms with E-state index in [0.29, 0.717) is 13.1 Å². The van der Waals surface area contributed by atoms with Crippen molar-refractivity contribution < 1.29 is 68.9 Å². The van der Waals surface area contributed by atoms with Gasteiger partial charge in [0, 0.05) is 44.1 Å². The Bertz CT molecular complexity index is 1220. The lowest BCUT2D eigenvalue weighted by molar-refractivity contribution is -0.311. The molecule has 5 rings (SSSR count). The molecule has 1 aromatic heterocycles. The Morgan fingerprint density at radius 1 is 0.712 bits per heavy atom. The molecule has 18 N–H and O–H groups in total. The number of nitrogens with one attached hydrogen (secondary N) is 1. The lowest BCUT2D eigenvalue weighted by atomic mass is 9.84. The van der Waals surface area contributed by atoms with Crippen molar-refractivity contribution in [1.29, 1.82) is 0 Å². The zero-order chi connectivity index (χ0) is 37.7. The summed E-state index contributed by atoms with van der Waals surface area (Å²) in [7, 11) is 0. The number of aliphatic hydroxyl groups excluding tert-OH is 7. The molecule has 0 aromatic carbocycles. The molecular weight excluding hydrogens is 694 g/mol. The monoisotopic (exact) mass is 749 g/mol. The Balaban J connectivity index is 1.36. The molecule has 0 unspecified atom stereocenters. The zero-order valence-electron chi connectivity index (χ0n) is 28.6. The van der Waals surface area contributed by atoms with E-state index >= 15 is 0 Å². The van der Waals surface area contributed by atoms with E-state index in [-0.39, 0.29) is 19.6 Å². The smallest absolute Gasteiger partial charge is 0.187 e. The maximum absolute atomic E-state index is 11.3. The van der Waals surface area contributed by atoms with Gasteiger partial charge in [-0.15, -0.1) is 0 Å². The molecule has 4 aliphatic rings. The minimum Gasteiger partial charge on any atom is -0.394 e. The number of ether oxygens (including phenoxy) is 7. The Kier molecular flexibility index (Phi) is 15.0. The number of rotatable bonds is 15. The second-order valence-corrected chi connectivity index (χ2v) is 13.6. The lowest BCUT2D eigenvalue weighted by Gasteiger charge is -2.47. The first-order valence-corrected chi connectivity index (χ1v) is 17.4. The molecule has 52 heavy (non-hydrogen) atoms. The van der Waals surface area contributed by atoms with E-state index in [1.165, 1.54) is 0 Å². The summed E-state index contributed by atoms with van der Waals surface area (Å²) in [5.74, 6) is 0. The van der Waals surface area contributed by atoms with Crippen molar-refractivity contribution in [2.75, 3.05) is 32.9 Å². The number of pyridine rings is 1. The van der Waals surface area contributed by atoms with E-state index in [1.807, 2.05) is 12.1 Å². The maximum Gasteiger partial charge on any atom is 0.187 e. The maximum atomic E-state index is 11.3. The molecule has 4 heterocycles. The molecule has 4 fully saturated rings. The summed E-state index contributed by atoms with van der Waals surface area (Å²) >= 11 is 0. The molecule has 0 bridgehead atoms. The SMILES string of the molecule is NC[C@H]1O[C@@H](O[C@H]2[C@@H](OCCNCc3cccnc3)[C@H](O[C@@H]3[C@@H](O)[C@H](N)C[C@H](N)[C@H]3O[C@H]3O[C@H](CO)[C@@H](O)[C@H](O)[C@H]3N)O[C@@H]2CO)[C@@H](N)[C@H](O)[C@H]1O. The van der Waals surface area contributed by atoms with Gasteiger partial charge in [0.1, 0.15) is 67.1 Å². The van der Waals surface area contributed by atoms with Crippen LogP contribution in [-0.4, -0.2) is 190 Å². The van der Waals surface area contributed by atoms with Crippen molar-refractivity contribution in [2.24, 2.45) is 28.7 Å². The van der Waals surface area contributed by atoms with E-state index in [4.69, 9.17) is 61.8 Å². The van der Waals surface area contributed by atoms with Crippen LogP contribution in [0.25, 0.3) is 0 Å². The predicted octanol–water partition coefficient (Wildman–Crippen LogP) is -7.65. The van der Waals surface area contributed by atoms with Crippen LogP contribution in [0.1, 0.15) is 12.0 Å². The summed E-state index contributed by atoms with van der Waals surface area (Å²) in [6, 6.07) is -0.553. The van der Waals surface area contributed by atoms with Gasteiger partial charge >= 0.3 is 0 Å². The van der Waals surface area contributed by atoms with Crippen molar-refractivity contribution in [2.45, 2.75) is 129 Å². The summed E-state index contributed by atoms with van der Waals surface area (Å²) in [5, 5.41) is 76.4. The number of aliphatic hydroxyl groups is 7. The molecule has 19 atom stereocenters. The third kappa shape index (κ3) is 9.23. The number of hydrogen-bond acceptors (Lipinski definition) is 21. The highest BCUT2D eigenvalue weighted by atomic mass is 16.8. The van der Waals surface area contributed by atoms with Gasteiger partial charge in [-0.2, -0.15) is 0 Å². The molecule has 3 aliphatic heterocycles. The third-order valence-corrected chi connectivity index (χ3v) is 9.94. The van der Waals surface area contributed by atoms with Gasteiger partial charge in [0.15, 0.2) is 18.9 Å². The summed E-state index contributed by atoms with van der Waals surface area (Å²) in [6.07, 6.45) is -16.1. The molecule has 298 valence electrons. The molecule has 0 spiro atoms. The second-order valence-electron chi connectivity index (χ2n) is 13.6. The molecule has 3 saturated heterocycles. The van der Waals surface area contributed by atoms with E-state index in [0.717, 1.165) is 5.56 Å². The highest BCUT2D eigenvalue weighted by molar-refractivity contribution is 5.08. The van der Waals surface area contributed by atoms with Crippen molar-refractivity contribution in [3.63, 3.8) is 0 Å². The Morgan fingerprint density at radius 2 is 1.31 bits per heavy atom. The summed E-state index contributed by atoms with van der Waals surface area (Å²) in [5.41, 5.74) is 31.7. The van der Waals surface area contributed by atoms with Crippen LogP contribution >= 0.6 is 0 Å². The first-order chi connectivity index (χ1) is 24.9. The number of aromatic nitrogens is 1. The highest BCUT2D eigenvalue weighted by Crippen LogP contribution is 2.35. The van der Waals surface area contributed by atoms with E-state index < -0.39 is 129 Å². The summed E-state index contributed by atoms with van der Waals surface area (Å²) in [4.78, 5) is 4.10. The topological polar surface area (TPSA) is 361 Å². The second kappa shape index (κ2) is 18.8. The van der Waals surface area contributed by atoms with Crippen LogP contribution in [0.5, 0.6) is 0 Å². The Labute approximate surface area is 300 Å². The number of hydrogen-bond donors (Lipinski definition) is 13. The molecule has 0 amide bonds. The fourth-order valence-electron chi connectivity index (χ4n) is 6.86. The summed E-state index contributed by atoms with van der Waals surface area (Å²) < 4.78 is 42.5. The standard InChI is InChI=1S/C31H55N7O14/c32-7-15-21(42)23(44)18(35)29(47-15)51-26-17(11-40)49-31(28(26)46-5-4-38-9-12-2-1-3-37-8-12)52-27-20(41)13(33)6-14(34)25(27)50-30-19(36)24(45)22(43)16(10-39)48-30/h1-3,8,13-31,38-45H,4-7,9-11,32-36H2/t13-,14+,15-,16-,17-,18+,19-,20+,21+,22-,23+,24-,25-,26-,27-,28-,29+,30-,31+/m1/s1. The van der Waals surface area contributed by atoms with E-state index in [2.05, 4.69) is 10.3 Å². The Hall–Kier alpha value is -1.65. The fraction of sp³-hybridized carbons (Fsp3) is 0.839. The van der Waals surface area contributed by atoms with Gasteiger partial charge in [-0.3, -0.25) is 4.98 Å². The van der Waals surface area contributed by atoms with Crippen LogP contribution < -0.4 is 34.0 Å². The fourth-order valence-corrected chi connectivity index (χ4v) is 6.86. The molecule has 1 aliphatic carbocycles. The number of nitrogens with two attached hydrogens (primary N) is 5. The average Bonchev–Trinajstić information content (AvgIpc) is 3.47. The Morgan fingerprint density at radius 3 is 1.92 bits per heavy atom. The highest BCUT2D eigenvalue weighted by Gasteiger charge is 2.55. The van der Waals surface area contributed by atoms with Crippen LogP contribution in [0.15, 0.2) is 24.5 Å². The molecule has 21 nitrogen and oxygen atoms in total. The van der Waals surface area contributed by atoms with Gasteiger partial charge in [-0.1, -0.05) is 6.07 Å². The van der Waals surface area contributed by atoms with E-state index in [9.17, 15) is 35.7 Å². The first-order valence-electron chi connectivity index (χ1n) is 17.4. The largest absolute Gasteiger partial charge is 0.394 e. The number of nitrogens with zero attached hydrogens (tertiary/aromatic N) is 1. The van der Waals surface area contributed by atoms with Gasteiger partial charge in [-0.25, -0.2) is 0 Å². The summed E-state index contributed by atoms with van der Waals surface area (Å²) in [6.45, 7) is -0.526. The van der Waals surface area contributed by atoms with Crippen LogP contribution in [0, 0.1) is 0 Å². The molecule has 21 heteroatoms. The minimum atomic E-state index is -1.53. The lowest BCUT2D eigenvalue weighted by Crippen LogP contribution is -2.68. The zero-order valence-corrected chi connectivity index (χ0v) is 28.6. The van der Waals surface area contributed by atoms with E-state index in [1.54, 1.807) is 12.4 Å². The van der Waals surface area contributed by atoms with Crippen LogP contribution in [0.2, 0.25) is 0 Å². The normalized spacial score (nSPS) is 45.7. The molecular formula is C31H55N7O14. The first kappa shape index (κ1) is 41.5. The van der Waals surface area contributed by atoms with Crippen LogP contribution in [0.4, 0.5) is 0 Å². The minimum absolute atomic E-state index is 0.0657. The third-order valence-electron chi connectivity index (χ3n) is 9.94.